The molecule has 1 fully saturated rings. The van der Waals surface area contributed by atoms with Crippen LogP contribution in [0.4, 0.5) is 0 Å². The Labute approximate surface area is 205 Å². The molecule has 3 aromatic heterocycles. The first-order chi connectivity index (χ1) is 17.2. The van der Waals surface area contributed by atoms with Crippen molar-refractivity contribution in [3.63, 3.8) is 0 Å². The number of likely N-dealkylation sites (tertiary alicyclic amines) is 1. The largest absolute Gasteiger partial charge is 0.326 e. The standard InChI is InChI=1S/C24H25N9OS/c1-16(17-7-3-2-4-8-17)33-23(27-28-29-33)22(20-15-35-30-26-20)31-13-11-18(12-14-31)32-21-10-6-5-9-19(21)25-24(32)34/h2-10,15-16,18,22H,11-14H2,1H3,(H,25,34)/t16-,22?/m0/s1. The smallest absolute Gasteiger partial charge is 0.306 e. The first-order valence-corrected chi connectivity index (χ1v) is 12.6. The number of para-hydroxylation sites is 2. The predicted molar refractivity (Wildman–Crippen MR) is 132 cm³/mol. The third kappa shape index (κ3) is 3.96. The fraction of sp³-hybridized carbons (Fsp3) is 0.333. The number of aromatic amines is 1. The average Bonchev–Trinajstić information content (AvgIpc) is 3.65. The lowest BCUT2D eigenvalue weighted by atomic mass is 10.0. The van der Waals surface area contributed by atoms with Gasteiger partial charge in [-0.1, -0.05) is 47.0 Å². The normalized spacial score (nSPS) is 17.1. The molecule has 10 nitrogen and oxygen atoms in total. The van der Waals surface area contributed by atoms with Gasteiger partial charge in [-0.05, 0) is 59.4 Å². The summed E-state index contributed by atoms with van der Waals surface area (Å²) in [6, 6.07) is 18.0. The Morgan fingerprint density at radius 1 is 1.03 bits per heavy atom. The molecule has 0 bridgehead atoms. The molecule has 0 aliphatic carbocycles. The molecule has 1 saturated heterocycles. The molecule has 0 amide bonds. The molecule has 1 aliphatic heterocycles. The van der Waals surface area contributed by atoms with Crippen molar-refractivity contribution in [1.29, 1.82) is 0 Å². The highest BCUT2D eigenvalue weighted by molar-refractivity contribution is 7.03. The number of rotatable bonds is 6. The summed E-state index contributed by atoms with van der Waals surface area (Å²) in [5, 5.41) is 19.2. The van der Waals surface area contributed by atoms with Gasteiger partial charge >= 0.3 is 5.69 Å². The molecule has 6 rings (SSSR count). The van der Waals surface area contributed by atoms with Gasteiger partial charge in [0.15, 0.2) is 5.82 Å². The number of nitrogens with one attached hydrogen (secondary N) is 1. The first kappa shape index (κ1) is 21.8. The van der Waals surface area contributed by atoms with Gasteiger partial charge in [0, 0.05) is 24.5 Å². The zero-order valence-corrected chi connectivity index (χ0v) is 20.0. The maximum Gasteiger partial charge on any atom is 0.326 e. The minimum atomic E-state index is -0.212. The van der Waals surface area contributed by atoms with E-state index in [4.69, 9.17) is 0 Å². The third-order valence-corrected chi connectivity index (χ3v) is 7.44. The van der Waals surface area contributed by atoms with Crippen LogP contribution in [-0.4, -0.2) is 57.3 Å². The summed E-state index contributed by atoms with van der Waals surface area (Å²) in [5.74, 6) is 0.747. The predicted octanol–water partition coefficient (Wildman–Crippen LogP) is 3.20. The lowest BCUT2D eigenvalue weighted by molar-refractivity contribution is 0.143. The molecular weight excluding hydrogens is 462 g/mol. The van der Waals surface area contributed by atoms with Crippen molar-refractivity contribution in [1.82, 2.24) is 44.2 Å². The van der Waals surface area contributed by atoms with Gasteiger partial charge in [0.05, 0.1) is 17.1 Å². The van der Waals surface area contributed by atoms with Crippen LogP contribution in [0.15, 0.2) is 64.8 Å². The Bertz CT molecular complexity index is 1470. The van der Waals surface area contributed by atoms with E-state index in [-0.39, 0.29) is 23.8 Å². The zero-order chi connectivity index (χ0) is 23.8. The van der Waals surface area contributed by atoms with Crippen molar-refractivity contribution in [2.45, 2.75) is 37.9 Å². The third-order valence-electron chi connectivity index (χ3n) is 6.92. The van der Waals surface area contributed by atoms with E-state index in [1.807, 2.05) is 57.1 Å². The van der Waals surface area contributed by atoms with Crippen LogP contribution in [-0.2, 0) is 0 Å². The molecule has 2 aromatic carbocycles. The number of piperidine rings is 1. The fourth-order valence-corrected chi connectivity index (χ4v) is 5.61. The summed E-state index contributed by atoms with van der Waals surface area (Å²) in [4.78, 5) is 18.1. The van der Waals surface area contributed by atoms with Gasteiger partial charge < -0.3 is 4.98 Å². The molecule has 35 heavy (non-hydrogen) atoms. The maximum absolute atomic E-state index is 12.7. The van der Waals surface area contributed by atoms with Gasteiger partial charge in [-0.15, -0.1) is 10.2 Å². The number of nitrogens with zero attached hydrogens (tertiary/aromatic N) is 8. The molecule has 2 atom stereocenters. The van der Waals surface area contributed by atoms with Gasteiger partial charge in [-0.25, -0.2) is 9.48 Å². The van der Waals surface area contributed by atoms with Crippen molar-refractivity contribution >= 4 is 22.6 Å². The van der Waals surface area contributed by atoms with Gasteiger partial charge in [-0.3, -0.25) is 9.47 Å². The highest BCUT2D eigenvalue weighted by Crippen LogP contribution is 2.34. The van der Waals surface area contributed by atoms with Gasteiger partial charge in [0.1, 0.15) is 11.7 Å². The highest BCUT2D eigenvalue weighted by Gasteiger charge is 2.34. The van der Waals surface area contributed by atoms with Gasteiger partial charge in [-0.2, -0.15) is 0 Å². The number of hydrogen-bond acceptors (Lipinski definition) is 8. The molecule has 1 N–H and O–H groups in total. The number of aromatic nitrogens is 8. The topological polar surface area (TPSA) is 110 Å². The summed E-state index contributed by atoms with van der Waals surface area (Å²) in [6.07, 6.45) is 1.68. The fourth-order valence-electron chi connectivity index (χ4n) is 5.14. The van der Waals surface area contributed by atoms with Crippen molar-refractivity contribution in [2.24, 2.45) is 0 Å². The lowest BCUT2D eigenvalue weighted by Crippen LogP contribution is -2.40. The lowest BCUT2D eigenvalue weighted by Gasteiger charge is -2.36. The van der Waals surface area contributed by atoms with Crippen molar-refractivity contribution < 1.29 is 0 Å². The zero-order valence-electron chi connectivity index (χ0n) is 19.2. The van der Waals surface area contributed by atoms with Crippen LogP contribution in [0.25, 0.3) is 11.0 Å². The Balaban J connectivity index is 1.30. The summed E-state index contributed by atoms with van der Waals surface area (Å²) in [7, 11) is 0. The van der Waals surface area contributed by atoms with Crippen molar-refractivity contribution in [3.05, 3.63) is 87.5 Å². The number of benzene rings is 2. The summed E-state index contributed by atoms with van der Waals surface area (Å²) in [5.41, 5.74) is 3.76. The molecule has 178 valence electrons. The number of H-pyrrole nitrogens is 1. The Hall–Kier alpha value is -3.70. The summed E-state index contributed by atoms with van der Waals surface area (Å²) in [6.45, 7) is 3.66. The SMILES string of the molecule is C[C@@H](c1ccccc1)n1nnnc1C(c1csnn1)N1CCC(n2c(=O)[nH]c3ccccc32)CC1. The average molecular weight is 488 g/mol. The number of hydrogen-bond donors (Lipinski definition) is 1. The molecule has 1 unspecified atom stereocenters. The van der Waals surface area contributed by atoms with Crippen LogP contribution in [0.2, 0.25) is 0 Å². The van der Waals surface area contributed by atoms with Crippen LogP contribution >= 0.6 is 11.5 Å². The minimum Gasteiger partial charge on any atom is -0.306 e. The second-order valence-electron chi connectivity index (χ2n) is 8.89. The van der Waals surface area contributed by atoms with Crippen LogP contribution in [0.5, 0.6) is 0 Å². The Morgan fingerprint density at radius 3 is 2.57 bits per heavy atom. The van der Waals surface area contributed by atoms with E-state index in [1.54, 1.807) is 0 Å². The molecule has 0 saturated carbocycles. The van der Waals surface area contributed by atoms with E-state index in [0.29, 0.717) is 0 Å². The molecule has 1 aliphatic rings. The number of imidazole rings is 1. The van der Waals surface area contributed by atoms with E-state index in [9.17, 15) is 4.79 Å². The van der Waals surface area contributed by atoms with Gasteiger partial charge in [0.25, 0.3) is 0 Å². The van der Waals surface area contributed by atoms with Crippen LogP contribution < -0.4 is 5.69 Å². The summed E-state index contributed by atoms with van der Waals surface area (Å²) < 4.78 is 7.91. The van der Waals surface area contributed by atoms with E-state index in [1.165, 1.54) is 11.5 Å². The van der Waals surface area contributed by atoms with E-state index < -0.39 is 0 Å². The molecule has 5 aromatic rings. The molecule has 11 heteroatoms. The monoisotopic (exact) mass is 487 g/mol. The second kappa shape index (κ2) is 9.16. The van der Waals surface area contributed by atoms with Crippen LogP contribution in [0.1, 0.15) is 55.0 Å². The number of tetrazole rings is 1. The summed E-state index contributed by atoms with van der Waals surface area (Å²) >= 11 is 1.33. The Morgan fingerprint density at radius 2 is 1.80 bits per heavy atom. The Kier molecular flexibility index (Phi) is 5.71. The van der Waals surface area contributed by atoms with Crippen LogP contribution in [0.3, 0.4) is 0 Å². The second-order valence-corrected chi connectivity index (χ2v) is 9.49. The molecule has 4 heterocycles. The minimum absolute atomic E-state index is 0.0300. The quantitative estimate of drug-likeness (QED) is 0.392. The van der Waals surface area contributed by atoms with Gasteiger partial charge in [0.2, 0.25) is 0 Å². The van der Waals surface area contributed by atoms with Crippen molar-refractivity contribution in [2.75, 3.05) is 13.1 Å². The number of fused-ring (bicyclic) bond motifs is 1. The molecule has 0 radical (unpaired) electrons. The first-order valence-electron chi connectivity index (χ1n) is 11.7. The highest BCUT2D eigenvalue weighted by atomic mass is 32.1. The van der Waals surface area contributed by atoms with Crippen LogP contribution in [0, 0.1) is 0 Å². The van der Waals surface area contributed by atoms with E-state index in [2.05, 4.69) is 54.1 Å². The molecule has 0 spiro atoms. The maximum atomic E-state index is 12.7. The van der Waals surface area contributed by atoms with E-state index in [0.717, 1.165) is 54.0 Å². The molecular formula is C24H25N9OS. The van der Waals surface area contributed by atoms with Crippen molar-refractivity contribution in [3.8, 4) is 0 Å². The van der Waals surface area contributed by atoms with E-state index >= 15 is 0 Å².